The number of benzene rings is 1. The van der Waals surface area contributed by atoms with Crippen molar-refractivity contribution in [3.63, 3.8) is 0 Å². The Hall–Kier alpha value is -0.470. The van der Waals surface area contributed by atoms with Gasteiger partial charge in [-0.3, -0.25) is 0 Å². The van der Waals surface area contributed by atoms with Gasteiger partial charge in [0.2, 0.25) is 0 Å². The number of hydrogen-bond acceptors (Lipinski definition) is 2. The molecule has 2 atom stereocenters. The topological polar surface area (TPSA) is 26.0 Å². The van der Waals surface area contributed by atoms with Gasteiger partial charge in [0.25, 0.3) is 0 Å². The van der Waals surface area contributed by atoms with Crippen LogP contribution in [-0.2, 0) is 6.42 Å². The van der Waals surface area contributed by atoms with Crippen LogP contribution in [0.4, 0.5) is 0 Å². The quantitative estimate of drug-likeness (QED) is 0.775. The maximum atomic E-state index is 5.79. The Kier molecular flexibility index (Phi) is 5.20. The zero-order valence-electron chi connectivity index (χ0n) is 9.86. The predicted molar refractivity (Wildman–Crippen MR) is 69.4 cm³/mol. The van der Waals surface area contributed by atoms with Crippen LogP contribution in [0.25, 0.3) is 0 Å². The Balaban J connectivity index is 2.49. The van der Waals surface area contributed by atoms with E-state index in [2.05, 4.69) is 44.4 Å². The largest absolute Gasteiger partial charge is 0.328 e. The van der Waals surface area contributed by atoms with Crippen molar-refractivity contribution in [3.8, 4) is 0 Å². The summed E-state index contributed by atoms with van der Waals surface area (Å²) in [6.45, 7) is 4.35. The van der Waals surface area contributed by atoms with Crippen LogP contribution in [-0.4, -0.2) is 12.3 Å². The van der Waals surface area contributed by atoms with Crippen molar-refractivity contribution in [1.29, 1.82) is 0 Å². The molecule has 0 radical (unpaired) electrons. The highest BCUT2D eigenvalue weighted by Gasteiger charge is 2.06. The molecule has 0 aliphatic rings. The lowest BCUT2D eigenvalue weighted by Gasteiger charge is -2.13. The third-order valence-corrected chi connectivity index (χ3v) is 3.26. The SMILES string of the molecule is CSc1ccc(CC(C)CC(C)N)cc1. The van der Waals surface area contributed by atoms with Crippen molar-refractivity contribution >= 4 is 11.8 Å². The van der Waals surface area contributed by atoms with Gasteiger partial charge in [0.05, 0.1) is 0 Å². The third-order valence-electron chi connectivity index (χ3n) is 2.52. The summed E-state index contributed by atoms with van der Waals surface area (Å²) >= 11 is 1.79. The zero-order chi connectivity index (χ0) is 11.3. The normalized spacial score (nSPS) is 14.9. The van der Waals surface area contributed by atoms with E-state index < -0.39 is 0 Å². The van der Waals surface area contributed by atoms with Gasteiger partial charge in [-0.2, -0.15) is 0 Å². The van der Waals surface area contributed by atoms with Crippen LogP contribution in [0.1, 0.15) is 25.8 Å². The van der Waals surface area contributed by atoms with Crippen molar-refractivity contribution in [1.82, 2.24) is 0 Å². The van der Waals surface area contributed by atoms with Crippen LogP contribution in [0.15, 0.2) is 29.2 Å². The van der Waals surface area contributed by atoms with Gasteiger partial charge in [0, 0.05) is 10.9 Å². The molecule has 2 unspecified atom stereocenters. The lowest BCUT2D eigenvalue weighted by atomic mass is 9.95. The van der Waals surface area contributed by atoms with Gasteiger partial charge in [0.1, 0.15) is 0 Å². The first-order chi connectivity index (χ1) is 7.11. The highest BCUT2D eigenvalue weighted by atomic mass is 32.2. The van der Waals surface area contributed by atoms with Crippen LogP contribution in [0.3, 0.4) is 0 Å². The van der Waals surface area contributed by atoms with Crippen molar-refractivity contribution in [2.45, 2.75) is 37.6 Å². The number of hydrogen-bond donors (Lipinski definition) is 1. The molecule has 0 saturated carbocycles. The van der Waals surface area contributed by atoms with Gasteiger partial charge in [-0.15, -0.1) is 11.8 Å². The van der Waals surface area contributed by atoms with Gasteiger partial charge in [-0.25, -0.2) is 0 Å². The molecule has 84 valence electrons. The first-order valence-corrected chi connectivity index (χ1v) is 6.72. The van der Waals surface area contributed by atoms with Crippen molar-refractivity contribution in [2.75, 3.05) is 6.26 Å². The Morgan fingerprint density at radius 2 is 1.80 bits per heavy atom. The summed E-state index contributed by atoms with van der Waals surface area (Å²) in [7, 11) is 0. The average molecular weight is 223 g/mol. The summed E-state index contributed by atoms with van der Waals surface area (Å²) in [5.41, 5.74) is 7.21. The molecule has 1 aromatic carbocycles. The van der Waals surface area contributed by atoms with E-state index in [1.165, 1.54) is 10.5 Å². The molecule has 1 nitrogen and oxygen atoms in total. The van der Waals surface area contributed by atoms with Gasteiger partial charge < -0.3 is 5.73 Å². The molecule has 0 aliphatic carbocycles. The molecule has 0 heterocycles. The molecular formula is C13H21NS. The molecule has 0 bridgehead atoms. The van der Waals surface area contributed by atoms with E-state index in [9.17, 15) is 0 Å². The Morgan fingerprint density at radius 1 is 1.20 bits per heavy atom. The standard InChI is InChI=1S/C13H21NS/c1-10(8-11(2)14)9-12-4-6-13(15-3)7-5-12/h4-7,10-11H,8-9,14H2,1-3H3. The van der Waals surface area contributed by atoms with Crippen LogP contribution < -0.4 is 5.73 Å². The molecule has 0 saturated heterocycles. The molecule has 15 heavy (non-hydrogen) atoms. The van der Waals surface area contributed by atoms with Crippen LogP contribution in [0, 0.1) is 5.92 Å². The zero-order valence-corrected chi connectivity index (χ0v) is 10.7. The Labute approximate surface area is 97.4 Å². The fraction of sp³-hybridized carbons (Fsp3) is 0.538. The first kappa shape index (κ1) is 12.6. The molecule has 1 aromatic rings. The molecular weight excluding hydrogens is 202 g/mol. The Bertz CT molecular complexity index is 279. The monoisotopic (exact) mass is 223 g/mol. The minimum absolute atomic E-state index is 0.311. The van der Waals surface area contributed by atoms with E-state index in [0.29, 0.717) is 12.0 Å². The average Bonchev–Trinajstić information content (AvgIpc) is 2.17. The van der Waals surface area contributed by atoms with Gasteiger partial charge in [-0.1, -0.05) is 19.1 Å². The minimum atomic E-state index is 0.311. The highest BCUT2D eigenvalue weighted by Crippen LogP contribution is 2.18. The molecule has 0 spiro atoms. The third kappa shape index (κ3) is 4.72. The van der Waals surface area contributed by atoms with Gasteiger partial charge in [-0.05, 0) is 49.6 Å². The lowest BCUT2D eigenvalue weighted by Crippen LogP contribution is -2.19. The van der Waals surface area contributed by atoms with E-state index in [-0.39, 0.29) is 0 Å². The number of nitrogens with two attached hydrogens (primary N) is 1. The Morgan fingerprint density at radius 3 is 2.27 bits per heavy atom. The van der Waals surface area contributed by atoms with E-state index in [1.807, 2.05) is 0 Å². The molecule has 2 N–H and O–H groups in total. The van der Waals surface area contributed by atoms with Crippen LogP contribution >= 0.6 is 11.8 Å². The second kappa shape index (κ2) is 6.19. The fourth-order valence-electron chi connectivity index (χ4n) is 1.88. The maximum absolute atomic E-state index is 5.79. The van der Waals surface area contributed by atoms with Crippen LogP contribution in [0.2, 0.25) is 0 Å². The van der Waals surface area contributed by atoms with E-state index in [1.54, 1.807) is 11.8 Å². The van der Waals surface area contributed by atoms with E-state index in [0.717, 1.165) is 12.8 Å². The second-order valence-corrected chi connectivity index (χ2v) is 5.25. The molecule has 0 aromatic heterocycles. The maximum Gasteiger partial charge on any atom is 0.00693 e. The highest BCUT2D eigenvalue weighted by molar-refractivity contribution is 7.98. The summed E-state index contributed by atoms with van der Waals surface area (Å²) in [5, 5.41) is 0. The first-order valence-electron chi connectivity index (χ1n) is 5.50. The molecule has 0 aliphatic heterocycles. The summed E-state index contributed by atoms with van der Waals surface area (Å²) in [5.74, 6) is 0.671. The molecule has 1 rings (SSSR count). The molecule has 2 heteroatoms. The van der Waals surface area contributed by atoms with Crippen molar-refractivity contribution in [2.24, 2.45) is 11.7 Å². The van der Waals surface area contributed by atoms with Crippen molar-refractivity contribution < 1.29 is 0 Å². The predicted octanol–water partition coefficient (Wildman–Crippen LogP) is 3.32. The van der Waals surface area contributed by atoms with Crippen molar-refractivity contribution in [3.05, 3.63) is 29.8 Å². The summed E-state index contributed by atoms with van der Waals surface area (Å²) in [6.07, 6.45) is 4.34. The minimum Gasteiger partial charge on any atom is -0.328 e. The summed E-state index contributed by atoms with van der Waals surface area (Å²) < 4.78 is 0. The van der Waals surface area contributed by atoms with E-state index in [4.69, 9.17) is 5.73 Å². The van der Waals surface area contributed by atoms with E-state index >= 15 is 0 Å². The number of thioether (sulfide) groups is 1. The molecule has 0 fully saturated rings. The van der Waals surface area contributed by atoms with Crippen LogP contribution in [0.5, 0.6) is 0 Å². The number of rotatable bonds is 5. The summed E-state index contributed by atoms with van der Waals surface area (Å²) in [6, 6.07) is 9.15. The van der Waals surface area contributed by atoms with Gasteiger partial charge in [0.15, 0.2) is 0 Å². The fourth-order valence-corrected chi connectivity index (χ4v) is 2.29. The second-order valence-electron chi connectivity index (χ2n) is 4.37. The van der Waals surface area contributed by atoms with Gasteiger partial charge >= 0.3 is 0 Å². The lowest BCUT2D eigenvalue weighted by molar-refractivity contribution is 0.480. The molecule has 0 amide bonds. The summed E-state index contributed by atoms with van der Waals surface area (Å²) in [4.78, 5) is 1.33. The smallest absolute Gasteiger partial charge is 0.00693 e.